The van der Waals surface area contributed by atoms with Crippen molar-refractivity contribution >= 4 is 0 Å². The van der Waals surface area contributed by atoms with Crippen molar-refractivity contribution in [1.29, 1.82) is 0 Å². The SMILES string of the molecule is COc1cc(F)c(C2(CO)CCC2)c(F)c1. The van der Waals surface area contributed by atoms with Crippen LogP contribution in [0.4, 0.5) is 8.78 Å². The molecule has 0 bridgehead atoms. The van der Waals surface area contributed by atoms with Crippen LogP contribution in [0.3, 0.4) is 0 Å². The van der Waals surface area contributed by atoms with E-state index in [4.69, 9.17) is 4.74 Å². The van der Waals surface area contributed by atoms with Gasteiger partial charge in [0.25, 0.3) is 0 Å². The number of rotatable bonds is 3. The van der Waals surface area contributed by atoms with Crippen molar-refractivity contribution in [2.75, 3.05) is 13.7 Å². The number of methoxy groups -OCH3 is 1. The van der Waals surface area contributed by atoms with Crippen molar-refractivity contribution in [2.45, 2.75) is 24.7 Å². The van der Waals surface area contributed by atoms with Gasteiger partial charge in [0.2, 0.25) is 0 Å². The number of halogens is 2. The average molecular weight is 228 g/mol. The van der Waals surface area contributed by atoms with E-state index in [0.29, 0.717) is 12.8 Å². The lowest BCUT2D eigenvalue weighted by atomic mass is 9.64. The molecule has 1 aromatic rings. The van der Waals surface area contributed by atoms with Crippen molar-refractivity contribution in [3.63, 3.8) is 0 Å². The Balaban J connectivity index is 2.48. The molecular formula is C12H14F2O2. The Bertz CT molecular complexity index is 371. The van der Waals surface area contributed by atoms with Crippen LogP contribution in [0.1, 0.15) is 24.8 Å². The first-order valence-corrected chi connectivity index (χ1v) is 5.27. The van der Waals surface area contributed by atoms with Gasteiger partial charge in [-0.05, 0) is 12.8 Å². The van der Waals surface area contributed by atoms with E-state index in [1.807, 2.05) is 0 Å². The molecule has 0 aliphatic heterocycles. The van der Waals surface area contributed by atoms with E-state index in [1.54, 1.807) is 0 Å². The summed E-state index contributed by atoms with van der Waals surface area (Å²) in [4.78, 5) is 0. The number of hydrogen-bond donors (Lipinski definition) is 1. The summed E-state index contributed by atoms with van der Waals surface area (Å²) in [6, 6.07) is 2.32. The largest absolute Gasteiger partial charge is 0.497 e. The van der Waals surface area contributed by atoms with Crippen LogP contribution in [0, 0.1) is 11.6 Å². The van der Waals surface area contributed by atoms with E-state index in [-0.39, 0.29) is 17.9 Å². The van der Waals surface area contributed by atoms with E-state index in [0.717, 1.165) is 18.6 Å². The third-order valence-electron chi connectivity index (χ3n) is 3.39. The van der Waals surface area contributed by atoms with E-state index >= 15 is 0 Å². The lowest BCUT2D eigenvalue weighted by molar-refractivity contribution is 0.112. The second-order valence-electron chi connectivity index (χ2n) is 4.26. The topological polar surface area (TPSA) is 29.5 Å². The fourth-order valence-electron chi connectivity index (χ4n) is 2.27. The van der Waals surface area contributed by atoms with Gasteiger partial charge in [-0.15, -0.1) is 0 Å². The summed E-state index contributed by atoms with van der Waals surface area (Å²) in [5, 5.41) is 9.30. The molecule has 0 spiro atoms. The fraction of sp³-hybridized carbons (Fsp3) is 0.500. The molecule has 0 unspecified atom stereocenters. The molecule has 0 atom stereocenters. The minimum Gasteiger partial charge on any atom is -0.497 e. The van der Waals surface area contributed by atoms with Crippen LogP contribution >= 0.6 is 0 Å². The quantitative estimate of drug-likeness (QED) is 0.860. The summed E-state index contributed by atoms with van der Waals surface area (Å²) >= 11 is 0. The molecule has 1 saturated carbocycles. The van der Waals surface area contributed by atoms with Crippen LogP contribution in [0.15, 0.2) is 12.1 Å². The van der Waals surface area contributed by atoms with Gasteiger partial charge in [0.15, 0.2) is 0 Å². The first-order valence-electron chi connectivity index (χ1n) is 5.27. The van der Waals surface area contributed by atoms with Crippen molar-refractivity contribution in [3.05, 3.63) is 29.3 Å². The molecular weight excluding hydrogens is 214 g/mol. The van der Waals surface area contributed by atoms with Crippen LogP contribution in [0.25, 0.3) is 0 Å². The van der Waals surface area contributed by atoms with Gasteiger partial charge in [-0.3, -0.25) is 0 Å². The van der Waals surface area contributed by atoms with Crippen molar-refractivity contribution in [3.8, 4) is 5.75 Å². The molecule has 16 heavy (non-hydrogen) atoms. The van der Waals surface area contributed by atoms with Gasteiger partial charge in [0.1, 0.15) is 17.4 Å². The zero-order chi connectivity index (χ0) is 11.8. The highest BCUT2D eigenvalue weighted by molar-refractivity contribution is 5.37. The minimum absolute atomic E-state index is 0.00190. The summed E-state index contributed by atoms with van der Waals surface area (Å²) in [5.41, 5.74) is -0.720. The Morgan fingerprint density at radius 1 is 1.31 bits per heavy atom. The highest BCUT2D eigenvalue weighted by atomic mass is 19.1. The molecule has 4 heteroatoms. The maximum absolute atomic E-state index is 13.8. The van der Waals surface area contributed by atoms with Crippen LogP contribution < -0.4 is 4.74 Å². The second-order valence-corrected chi connectivity index (χ2v) is 4.26. The number of aliphatic hydroxyl groups excluding tert-OH is 1. The Morgan fingerprint density at radius 2 is 1.88 bits per heavy atom. The monoisotopic (exact) mass is 228 g/mol. The van der Waals surface area contributed by atoms with Gasteiger partial charge in [-0.2, -0.15) is 0 Å². The molecule has 1 N–H and O–H groups in total. The predicted molar refractivity (Wildman–Crippen MR) is 55.5 cm³/mol. The molecule has 1 fully saturated rings. The maximum Gasteiger partial charge on any atom is 0.133 e. The standard InChI is InChI=1S/C12H14F2O2/c1-16-8-5-9(13)11(10(14)6-8)12(7-15)3-2-4-12/h5-6,15H,2-4,7H2,1H3. The zero-order valence-corrected chi connectivity index (χ0v) is 9.09. The lowest BCUT2D eigenvalue weighted by Crippen LogP contribution is -2.39. The van der Waals surface area contributed by atoms with Gasteiger partial charge < -0.3 is 9.84 Å². The van der Waals surface area contributed by atoms with Gasteiger partial charge in [-0.1, -0.05) is 6.42 Å². The highest BCUT2D eigenvalue weighted by Gasteiger charge is 2.42. The molecule has 1 aromatic carbocycles. The number of aliphatic hydroxyl groups is 1. The van der Waals surface area contributed by atoms with Gasteiger partial charge in [-0.25, -0.2) is 8.78 Å². The molecule has 2 nitrogen and oxygen atoms in total. The predicted octanol–water partition coefficient (Wildman–Crippen LogP) is 2.39. The Morgan fingerprint density at radius 3 is 2.19 bits per heavy atom. The van der Waals surface area contributed by atoms with E-state index < -0.39 is 17.0 Å². The second kappa shape index (κ2) is 4.01. The maximum atomic E-state index is 13.8. The molecule has 1 aliphatic rings. The first-order chi connectivity index (χ1) is 7.63. The number of benzene rings is 1. The number of ether oxygens (including phenoxy) is 1. The Labute approximate surface area is 92.9 Å². The van der Waals surface area contributed by atoms with Crippen molar-refractivity contribution in [1.82, 2.24) is 0 Å². The first kappa shape index (κ1) is 11.3. The minimum atomic E-state index is -0.722. The van der Waals surface area contributed by atoms with Crippen molar-refractivity contribution < 1.29 is 18.6 Å². The smallest absolute Gasteiger partial charge is 0.133 e. The molecule has 2 rings (SSSR count). The van der Waals surface area contributed by atoms with Crippen LogP contribution in [-0.4, -0.2) is 18.8 Å². The fourth-order valence-corrected chi connectivity index (χ4v) is 2.27. The lowest BCUT2D eigenvalue weighted by Gasteiger charge is -2.41. The van der Waals surface area contributed by atoms with E-state index in [1.165, 1.54) is 7.11 Å². The van der Waals surface area contributed by atoms with Crippen molar-refractivity contribution in [2.24, 2.45) is 0 Å². The van der Waals surface area contributed by atoms with Gasteiger partial charge in [0.05, 0.1) is 13.7 Å². The molecule has 0 saturated heterocycles. The summed E-state index contributed by atoms with van der Waals surface area (Å²) in [6.07, 6.45) is 2.15. The number of hydrogen-bond acceptors (Lipinski definition) is 2. The van der Waals surface area contributed by atoms with E-state index in [2.05, 4.69) is 0 Å². The zero-order valence-electron chi connectivity index (χ0n) is 9.09. The third kappa shape index (κ3) is 1.57. The molecule has 0 amide bonds. The molecule has 1 aliphatic carbocycles. The normalized spacial score (nSPS) is 18.0. The third-order valence-corrected chi connectivity index (χ3v) is 3.39. The Kier molecular flexibility index (Phi) is 2.84. The average Bonchev–Trinajstić information content (AvgIpc) is 2.20. The van der Waals surface area contributed by atoms with Crippen LogP contribution in [0.2, 0.25) is 0 Å². The molecule has 0 aromatic heterocycles. The van der Waals surface area contributed by atoms with Gasteiger partial charge >= 0.3 is 0 Å². The summed E-state index contributed by atoms with van der Waals surface area (Å²) < 4.78 is 32.3. The highest BCUT2D eigenvalue weighted by Crippen LogP contribution is 2.45. The van der Waals surface area contributed by atoms with E-state index in [9.17, 15) is 13.9 Å². The van der Waals surface area contributed by atoms with Crippen LogP contribution in [-0.2, 0) is 5.41 Å². The summed E-state index contributed by atoms with van der Waals surface area (Å²) in [5.74, 6) is -1.11. The summed E-state index contributed by atoms with van der Waals surface area (Å²) in [7, 11) is 1.36. The molecule has 0 heterocycles. The van der Waals surface area contributed by atoms with Gasteiger partial charge in [0, 0.05) is 23.1 Å². The molecule has 0 radical (unpaired) electrons. The Hall–Kier alpha value is -1.16. The molecule has 88 valence electrons. The summed E-state index contributed by atoms with van der Waals surface area (Å²) in [6.45, 7) is -0.215. The van der Waals surface area contributed by atoms with Crippen LogP contribution in [0.5, 0.6) is 5.75 Å².